The lowest BCUT2D eigenvalue weighted by atomic mass is 10.1. The topological polar surface area (TPSA) is 17.1 Å². The highest BCUT2D eigenvalue weighted by molar-refractivity contribution is 7.14. The Hall–Kier alpha value is -0.640. The SMILES string of the molecule is Cc1sccc1C(=O)c1csc(Cl)c1. The third-order valence-corrected chi connectivity index (χ3v) is 3.87. The second-order valence-corrected chi connectivity index (χ2v) is 5.52. The fourth-order valence-corrected chi connectivity index (χ4v) is 2.76. The monoisotopic (exact) mass is 242 g/mol. The third kappa shape index (κ3) is 1.75. The van der Waals surface area contributed by atoms with E-state index in [-0.39, 0.29) is 5.78 Å². The van der Waals surface area contributed by atoms with Crippen molar-refractivity contribution in [1.29, 1.82) is 0 Å². The van der Waals surface area contributed by atoms with E-state index in [0.717, 1.165) is 10.4 Å². The lowest BCUT2D eigenvalue weighted by Gasteiger charge is -1.95. The van der Waals surface area contributed by atoms with E-state index in [1.54, 1.807) is 22.8 Å². The molecule has 0 fully saturated rings. The Morgan fingerprint density at radius 3 is 2.71 bits per heavy atom. The van der Waals surface area contributed by atoms with Crippen LogP contribution in [-0.4, -0.2) is 5.78 Å². The van der Waals surface area contributed by atoms with Crippen LogP contribution in [0.4, 0.5) is 0 Å². The smallest absolute Gasteiger partial charge is 0.195 e. The fourth-order valence-electron chi connectivity index (χ4n) is 1.21. The van der Waals surface area contributed by atoms with Crippen LogP contribution in [0.15, 0.2) is 22.9 Å². The summed E-state index contributed by atoms with van der Waals surface area (Å²) in [7, 11) is 0. The molecule has 0 bridgehead atoms. The largest absolute Gasteiger partial charge is 0.289 e. The molecule has 72 valence electrons. The predicted molar refractivity (Wildman–Crippen MR) is 61.8 cm³/mol. The molecule has 0 amide bonds. The van der Waals surface area contributed by atoms with E-state index in [2.05, 4.69) is 0 Å². The van der Waals surface area contributed by atoms with E-state index < -0.39 is 0 Å². The summed E-state index contributed by atoms with van der Waals surface area (Å²) in [5.41, 5.74) is 1.46. The maximum Gasteiger partial charge on any atom is 0.195 e. The van der Waals surface area contributed by atoms with Crippen LogP contribution in [0, 0.1) is 6.92 Å². The molecule has 0 saturated heterocycles. The first-order valence-electron chi connectivity index (χ1n) is 4.01. The van der Waals surface area contributed by atoms with Crippen molar-refractivity contribution < 1.29 is 4.79 Å². The summed E-state index contributed by atoms with van der Waals surface area (Å²) < 4.78 is 0.654. The van der Waals surface area contributed by atoms with Crippen LogP contribution in [0.5, 0.6) is 0 Å². The van der Waals surface area contributed by atoms with E-state index in [0.29, 0.717) is 9.90 Å². The molecule has 1 nitrogen and oxygen atoms in total. The molecule has 0 N–H and O–H groups in total. The Labute approximate surface area is 95.0 Å². The van der Waals surface area contributed by atoms with Crippen molar-refractivity contribution >= 4 is 40.1 Å². The molecule has 2 aromatic rings. The van der Waals surface area contributed by atoms with Gasteiger partial charge in [-0.3, -0.25) is 4.79 Å². The lowest BCUT2D eigenvalue weighted by Crippen LogP contribution is -1.98. The summed E-state index contributed by atoms with van der Waals surface area (Å²) in [5.74, 6) is 0.0619. The molecule has 0 aromatic carbocycles. The molecule has 2 aromatic heterocycles. The molecule has 0 aliphatic carbocycles. The van der Waals surface area contributed by atoms with Gasteiger partial charge in [-0.2, -0.15) is 0 Å². The second-order valence-electron chi connectivity index (χ2n) is 2.86. The summed E-state index contributed by atoms with van der Waals surface area (Å²) >= 11 is 8.74. The lowest BCUT2D eigenvalue weighted by molar-refractivity contribution is 0.103. The predicted octanol–water partition coefficient (Wildman–Crippen LogP) is 4.00. The molecule has 0 saturated carbocycles. The van der Waals surface area contributed by atoms with Gasteiger partial charge in [0.15, 0.2) is 5.78 Å². The zero-order chi connectivity index (χ0) is 10.1. The highest BCUT2D eigenvalue weighted by Gasteiger charge is 2.13. The number of halogens is 1. The zero-order valence-corrected chi connectivity index (χ0v) is 9.80. The van der Waals surface area contributed by atoms with Crippen molar-refractivity contribution in [3.8, 4) is 0 Å². The van der Waals surface area contributed by atoms with Gasteiger partial charge in [0.1, 0.15) is 0 Å². The summed E-state index contributed by atoms with van der Waals surface area (Å²) in [5, 5.41) is 3.72. The van der Waals surface area contributed by atoms with Crippen LogP contribution < -0.4 is 0 Å². The second kappa shape index (κ2) is 3.85. The van der Waals surface area contributed by atoms with Crippen LogP contribution in [0.25, 0.3) is 0 Å². The Balaban J connectivity index is 2.38. The van der Waals surface area contributed by atoms with Crippen LogP contribution in [-0.2, 0) is 0 Å². The number of carbonyl (C=O) groups excluding carboxylic acids is 1. The molecular formula is C10H7ClOS2. The Morgan fingerprint density at radius 2 is 2.21 bits per heavy atom. The van der Waals surface area contributed by atoms with Gasteiger partial charge >= 0.3 is 0 Å². The summed E-state index contributed by atoms with van der Waals surface area (Å²) in [6.45, 7) is 1.95. The van der Waals surface area contributed by atoms with Gasteiger partial charge in [-0.25, -0.2) is 0 Å². The molecule has 0 spiro atoms. The molecule has 0 unspecified atom stereocenters. The van der Waals surface area contributed by atoms with Crippen molar-refractivity contribution in [2.45, 2.75) is 6.92 Å². The number of hydrogen-bond acceptors (Lipinski definition) is 3. The fraction of sp³-hybridized carbons (Fsp3) is 0.100. The molecular weight excluding hydrogens is 236 g/mol. The standard InChI is InChI=1S/C10H7ClOS2/c1-6-8(2-3-13-6)10(12)7-4-9(11)14-5-7/h2-5H,1H3. The Bertz CT molecular complexity index is 470. The molecule has 0 aliphatic heterocycles. The molecule has 14 heavy (non-hydrogen) atoms. The van der Waals surface area contributed by atoms with Crippen molar-refractivity contribution in [3.05, 3.63) is 43.2 Å². The van der Waals surface area contributed by atoms with Crippen molar-refractivity contribution in [2.75, 3.05) is 0 Å². The zero-order valence-electron chi connectivity index (χ0n) is 7.41. The van der Waals surface area contributed by atoms with Crippen LogP contribution in [0.1, 0.15) is 20.8 Å². The van der Waals surface area contributed by atoms with Gasteiger partial charge in [-0.1, -0.05) is 11.6 Å². The first kappa shape index (κ1) is 9.90. The number of ketones is 1. The Kier molecular flexibility index (Phi) is 2.72. The van der Waals surface area contributed by atoms with Gasteiger partial charge in [0.2, 0.25) is 0 Å². The van der Waals surface area contributed by atoms with Crippen LogP contribution >= 0.6 is 34.3 Å². The summed E-state index contributed by atoms with van der Waals surface area (Å²) in [6, 6.07) is 3.57. The molecule has 2 rings (SSSR count). The van der Waals surface area contributed by atoms with E-state index >= 15 is 0 Å². The van der Waals surface area contributed by atoms with E-state index in [4.69, 9.17) is 11.6 Å². The van der Waals surface area contributed by atoms with Crippen LogP contribution in [0.2, 0.25) is 4.34 Å². The van der Waals surface area contributed by atoms with Gasteiger partial charge in [0, 0.05) is 21.4 Å². The first-order chi connectivity index (χ1) is 6.68. The minimum atomic E-state index is 0.0619. The molecule has 0 atom stereocenters. The normalized spacial score (nSPS) is 10.4. The highest BCUT2D eigenvalue weighted by Crippen LogP contribution is 2.24. The molecule has 0 aliphatic rings. The minimum absolute atomic E-state index is 0.0619. The number of aryl methyl sites for hydroxylation is 1. The van der Waals surface area contributed by atoms with E-state index in [1.165, 1.54) is 11.3 Å². The van der Waals surface area contributed by atoms with Crippen molar-refractivity contribution in [1.82, 2.24) is 0 Å². The van der Waals surface area contributed by atoms with Gasteiger partial charge in [-0.05, 0) is 24.4 Å². The number of hydrogen-bond donors (Lipinski definition) is 0. The maximum atomic E-state index is 11.9. The number of thiophene rings is 2. The average molecular weight is 243 g/mol. The average Bonchev–Trinajstić information content (AvgIpc) is 2.73. The van der Waals surface area contributed by atoms with Crippen LogP contribution in [0.3, 0.4) is 0 Å². The van der Waals surface area contributed by atoms with Gasteiger partial charge < -0.3 is 0 Å². The molecule has 2 heterocycles. The first-order valence-corrected chi connectivity index (χ1v) is 6.15. The highest BCUT2D eigenvalue weighted by atomic mass is 35.5. The molecule has 0 radical (unpaired) electrons. The number of rotatable bonds is 2. The van der Waals surface area contributed by atoms with E-state index in [1.807, 2.05) is 18.4 Å². The quantitative estimate of drug-likeness (QED) is 0.728. The van der Waals surface area contributed by atoms with Crippen molar-refractivity contribution in [2.24, 2.45) is 0 Å². The van der Waals surface area contributed by atoms with Gasteiger partial charge in [-0.15, -0.1) is 22.7 Å². The summed E-state index contributed by atoms with van der Waals surface area (Å²) in [6.07, 6.45) is 0. The molecule has 4 heteroatoms. The third-order valence-electron chi connectivity index (χ3n) is 1.93. The van der Waals surface area contributed by atoms with Crippen molar-refractivity contribution in [3.63, 3.8) is 0 Å². The number of carbonyl (C=O) groups is 1. The summed E-state index contributed by atoms with van der Waals surface area (Å²) in [4.78, 5) is 12.9. The minimum Gasteiger partial charge on any atom is -0.289 e. The maximum absolute atomic E-state index is 11.9. The van der Waals surface area contributed by atoms with E-state index in [9.17, 15) is 4.79 Å². The van der Waals surface area contributed by atoms with Gasteiger partial charge in [0.25, 0.3) is 0 Å². The Morgan fingerprint density at radius 1 is 1.43 bits per heavy atom. The van der Waals surface area contributed by atoms with Gasteiger partial charge in [0.05, 0.1) is 4.34 Å².